The van der Waals surface area contributed by atoms with Crippen molar-refractivity contribution in [1.82, 2.24) is 10.5 Å². The van der Waals surface area contributed by atoms with E-state index in [1.165, 1.54) is 0 Å². The minimum atomic E-state index is 0.265. The molecule has 3 heteroatoms. The number of nitrogens with one attached hydrogen (secondary N) is 1. The van der Waals surface area contributed by atoms with Crippen LogP contribution in [0.15, 0.2) is 10.6 Å². The fraction of sp³-hybridized carbons (Fsp3) is 0.769. The first-order valence-electron chi connectivity index (χ1n) is 5.99. The molecule has 1 N–H and O–H groups in total. The van der Waals surface area contributed by atoms with Crippen molar-refractivity contribution >= 4 is 0 Å². The van der Waals surface area contributed by atoms with Crippen LogP contribution in [0.5, 0.6) is 0 Å². The molecule has 1 heterocycles. The lowest BCUT2D eigenvalue weighted by atomic mass is 9.88. The Morgan fingerprint density at radius 2 is 1.94 bits per heavy atom. The summed E-state index contributed by atoms with van der Waals surface area (Å²) >= 11 is 0. The molecule has 1 aromatic heterocycles. The van der Waals surface area contributed by atoms with Gasteiger partial charge in [0, 0.05) is 12.1 Å². The second-order valence-electron chi connectivity index (χ2n) is 5.84. The molecule has 3 nitrogen and oxygen atoms in total. The maximum Gasteiger partial charge on any atom is 0.150 e. The number of aromatic nitrogens is 1. The van der Waals surface area contributed by atoms with Crippen LogP contribution >= 0.6 is 0 Å². The van der Waals surface area contributed by atoms with Crippen LogP contribution in [0, 0.1) is 5.41 Å². The molecule has 1 aromatic rings. The predicted octanol–water partition coefficient (Wildman–Crippen LogP) is 3.32. The van der Waals surface area contributed by atoms with E-state index >= 15 is 0 Å². The smallest absolute Gasteiger partial charge is 0.150 e. The zero-order chi connectivity index (χ0) is 12.3. The maximum atomic E-state index is 5.28. The maximum absolute atomic E-state index is 5.28. The normalized spacial score (nSPS) is 14.4. The van der Waals surface area contributed by atoms with Crippen LogP contribution in [0.3, 0.4) is 0 Å². The van der Waals surface area contributed by atoms with Crippen molar-refractivity contribution in [2.75, 3.05) is 0 Å². The molecule has 0 spiro atoms. The Hall–Kier alpha value is -0.830. The first-order chi connectivity index (χ1) is 7.30. The molecule has 0 saturated heterocycles. The van der Waals surface area contributed by atoms with Gasteiger partial charge < -0.3 is 9.84 Å². The average Bonchev–Trinajstić information content (AvgIpc) is 2.60. The minimum Gasteiger partial charge on any atom is -0.360 e. The van der Waals surface area contributed by atoms with Gasteiger partial charge in [0.2, 0.25) is 0 Å². The lowest BCUT2D eigenvalue weighted by molar-refractivity contribution is 0.271. The molecule has 0 aromatic carbocycles. The van der Waals surface area contributed by atoms with E-state index in [0.717, 1.165) is 18.0 Å². The summed E-state index contributed by atoms with van der Waals surface area (Å²) in [7, 11) is 0. The van der Waals surface area contributed by atoms with E-state index in [0.29, 0.717) is 12.0 Å². The van der Waals surface area contributed by atoms with Crippen molar-refractivity contribution in [2.24, 2.45) is 5.41 Å². The number of nitrogens with zero attached hydrogens (tertiary/aromatic N) is 1. The summed E-state index contributed by atoms with van der Waals surface area (Å²) in [6.07, 6.45) is 0. The van der Waals surface area contributed by atoms with Gasteiger partial charge in [-0.15, -0.1) is 0 Å². The Bertz CT molecular complexity index is 323. The van der Waals surface area contributed by atoms with Crippen molar-refractivity contribution in [3.05, 3.63) is 17.5 Å². The first kappa shape index (κ1) is 13.2. The van der Waals surface area contributed by atoms with Crippen molar-refractivity contribution < 1.29 is 4.52 Å². The van der Waals surface area contributed by atoms with E-state index in [2.05, 4.69) is 52.0 Å². The Morgan fingerprint density at radius 1 is 1.31 bits per heavy atom. The summed E-state index contributed by atoms with van der Waals surface area (Å²) in [4.78, 5) is 0. The summed E-state index contributed by atoms with van der Waals surface area (Å²) in [5, 5.41) is 7.50. The molecule has 0 bridgehead atoms. The Morgan fingerprint density at radius 3 is 2.38 bits per heavy atom. The highest BCUT2D eigenvalue weighted by Crippen LogP contribution is 2.19. The third kappa shape index (κ3) is 3.63. The van der Waals surface area contributed by atoms with Gasteiger partial charge in [0.1, 0.15) is 0 Å². The molecule has 0 radical (unpaired) electrons. The minimum absolute atomic E-state index is 0.265. The van der Waals surface area contributed by atoms with Crippen molar-refractivity contribution in [2.45, 2.75) is 60.0 Å². The fourth-order valence-corrected chi connectivity index (χ4v) is 1.24. The lowest BCUT2D eigenvalue weighted by Gasteiger charge is -2.27. The topological polar surface area (TPSA) is 38.1 Å². The molecule has 0 aliphatic rings. The van der Waals surface area contributed by atoms with Crippen molar-refractivity contribution in [1.29, 1.82) is 0 Å². The Kier molecular flexibility index (Phi) is 4.14. The van der Waals surface area contributed by atoms with E-state index in [-0.39, 0.29) is 5.41 Å². The molecule has 1 atom stereocenters. The first-order valence-corrected chi connectivity index (χ1v) is 5.99. The van der Waals surface area contributed by atoms with Crippen LogP contribution in [0.1, 0.15) is 58.9 Å². The largest absolute Gasteiger partial charge is 0.360 e. The number of hydrogen-bond donors (Lipinski definition) is 1. The Balaban J connectivity index is 2.49. The molecule has 1 unspecified atom stereocenters. The fourth-order valence-electron chi connectivity index (χ4n) is 1.24. The van der Waals surface area contributed by atoms with Gasteiger partial charge in [0.15, 0.2) is 5.76 Å². The van der Waals surface area contributed by atoms with Crippen molar-refractivity contribution in [3.8, 4) is 0 Å². The molecule has 0 aliphatic heterocycles. The molecule has 0 amide bonds. The van der Waals surface area contributed by atoms with Gasteiger partial charge in [0.25, 0.3) is 0 Å². The molecule has 0 aliphatic carbocycles. The van der Waals surface area contributed by atoms with E-state index in [9.17, 15) is 0 Å². The van der Waals surface area contributed by atoms with Crippen LogP contribution in [0.25, 0.3) is 0 Å². The van der Waals surface area contributed by atoms with Gasteiger partial charge in [-0.3, -0.25) is 0 Å². The molecule has 92 valence electrons. The standard InChI is InChI=1S/C13H24N2O/c1-9(2)12-7-11(16-15-12)8-14-10(3)13(4,5)6/h7,9-10,14H,8H2,1-6H3. The van der Waals surface area contributed by atoms with Crippen LogP contribution in [0.4, 0.5) is 0 Å². The molecule has 16 heavy (non-hydrogen) atoms. The zero-order valence-electron chi connectivity index (χ0n) is 11.3. The van der Waals surface area contributed by atoms with E-state index in [1.54, 1.807) is 0 Å². The van der Waals surface area contributed by atoms with Gasteiger partial charge in [-0.2, -0.15) is 0 Å². The van der Waals surface area contributed by atoms with Crippen LogP contribution in [0.2, 0.25) is 0 Å². The second-order valence-corrected chi connectivity index (χ2v) is 5.84. The highest BCUT2D eigenvalue weighted by Gasteiger charge is 2.19. The lowest BCUT2D eigenvalue weighted by Crippen LogP contribution is -2.37. The van der Waals surface area contributed by atoms with Gasteiger partial charge in [-0.05, 0) is 18.3 Å². The van der Waals surface area contributed by atoms with E-state index in [1.807, 2.05) is 6.07 Å². The zero-order valence-corrected chi connectivity index (χ0v) is 11.3. The summed E-state index contributed by atoms with van der Waals surface area (Å²) in [6.45, 7) is 13.9. The molecular formula is C13H24N2O. The van der Waals surface area contributed by atoms with Gasteiger partial charge in [-0.25, -0.2) is 0 Å². The number of hydrogen-bond acceptors (Lipinski definition) is 3. The van der Waals surface area contributed by atoms with Crippen LogP contribution in [-0.4, -0.2) is 11.2 Å². The molecule has 0 saturated carbocycles. The monoisotopic (exact) mass is 224 g/mol. The van der Waals surface area contributed by atoms with Gasteiger partial charge in [0.05, 0.1) is 12.2 Å². The van der Waals surface area contributed by atoms with Crippen LogP contribution < -0.4 is 5.32 Å². The van der Waals surface area contributed by atoms with Gasteiger partial charge in [-0.1, -0.05) is 39.8 Å². The van der Waals surface area contributed by atoms with Gasteiger partial charge >= 0.3 is 0 Å². The SMILES string of the molecule is CC(C)c1cc(CNC(C)C(C)(C)C)on1. The highest BCUT2D eigenvalue weighted by molar-refractivity contribution is 5.08. The van der Waals surface area contributed by atoms with Crippen LogP contribution in [-0.2, 0) is 6.54 Å². The van der Waals surface area contributed by atoms with E-state index < -0.39 is 0 Å². The Labute approximate surface area is 98.6 Å². The molecular weight excluding hydrogens is 200 g/mol. The van der Waals surface area contributed by atoms with E-state index in [4.69, 9.17) is 4.52 Å². The molecule has 0 fully saturated rings. The summed E-state index contributed by atoms with van der Waals surface area (Å²) in [5.74, 6) is 1.34. The number of rotatable bonds is 4. The average molecular weight is 224 g/mol. The summed E-state index contributed by atoms with van der Waals surface area (Å²) in [5.41, 5.74) is 1.29. The summed E-state index contributed by atoms with van der Waals surface area (Å²) in [6, 6.07) is 2.48. The second kappa shape index (κ2) is 5.00. The van der Waals surface area contributed by atoms with Crippen molar-refractivity contribution in [3.63, 3.8) is 0 Å². The quantitative estimate of drug-likeness (QED) is 0.852. The summed E-state index contributed by atoms with van der Waals surface area (Å²) < 4.78 is 5.28. The third-order valence-electron chi connectivity index (χ3n) is 3.05. The third-order valence-corrected chi connectivity index (χ3v) is 3.05. The highest BCUT2D eigenvalue weighted by atomic mass is 16.5. The predicted molar refractivity (Wildman–Crippen MR) is 66.3 cm³/mol. The molecule has 1 rings (SSSR count).